The van der Waals surface area contributed by atoms with Gasteiger partial charge >= 0.3 is 6.36 Å². The van der Waals surface area contributed by atoms with Crippen molar-refractivity contribution in [3.05, 3.63) is 66.2 Å². The van der Waals surface area contributed by atoms with Crippen LogP contribution in [0.1, 0.15) is 24.4 Å². The van der Waals surface area contributed by atoms with Crippen molar-refractivity contribution >= 4 is 11.4 Å². The molecule has 0 aliphatic carbocycles. The number of aliphatic hydroxyl groups is 1. The van der Waals surface area contributed by atoms with Gasteiger partial charge in [-0.25, -0.2) is 4.98 Å². The molecule has 0 unspecified atom stereocenters. The number of aromatic amines is 1. The maximum absolute atomic E-state index is 12.7. The second-order valence-corrected chi connectivity index (χ2v) is 8.48. The van der Waals surface area contributed by atoms with Crippen LogP contribution in [-0.4, -0.2) is 53.7 Å². The predicted octanol–water partition coefficient (Wildman–Crippen LogP) is 3.77. The number of halogens is 3. The zero-order valence-electron chi connectivity index (χ0n) is 19.8. The first-order chi connectivity index (χ1) is 17.1. The standard InChI is InChI=1S/C24H27F3N4O5/c1-23(22(33-2)34-3)21(32)20(17-12-14(28)4-9-18(17)36-23)31(13-19-29-10-11-30-19)15-5-7-16(8-6-15)35-24(25,26)27/h4-12,20-22,32H,13,28H2,1-3H3,(H,29,30)/t20-,21+,23-/m1/s1. The molecule has 1 aromatic heterocycles. The molecule has 1 aliphatic heterocycles. The lowest BCUT2D eigenvalue weighted by Crippen LogP contribution is -2.62. The molecule has 0 saturated heterocycles. The number of hydrogen-bond acceptors (Lipinski definition) is 8. The Balaban J connectivity index is 1.84. The molecule has 0 saturated carbocycles. The van der Waals surface area contributed by atoms with E-state index in [0.29, 0.717) is 28.5 Å². The number of hydrogen-bond donors (Lipinski definition) is 3. The summed E-state index contributed by atoms with van der Waals surface area (Å²) in [4.78, 5) is 9.10. The summed E-state index contributed by atoms with van der Waals surface area (Å²) in [6.45, 7) is 1.83. The minimum atomic E-state index is -4.82. The summed E-state index contributed by atoms with van der Waals surface area (Å²) in [5.74, 6) is 0.638. The monoisotopic (exact) mass is 508 g/mol. The lowest BCUT2D eigenvalue weighted by Gasteiger charge is -2.50. The number of aromatic nitrogens is 2. The molecule has 0 bridgehead atoms. The van der Waals surface area contributed by atoms with Crippen molar-refractivity contribution in [1.82, 2.24) is 9.97 Å². The number of nitrogen functional groups attached to an aromatic ring is 1. The summed E-state index contributed by atoms with van der Waals surface area (Å²) < 4.78 is 59.2. The number of anilines is 2. The first-order valence-electron chi connectivity index (χ1n) is 11.0. The highest BCUT2D eigenvalue weighted by Crippen LogP contribution is 2.47. The zero-order chi connectivity index (χ0) is 26.1. The van der Waals surface area contributed by atoms with Crippen LogP contribution in [0.4, 0.5) is 24.5 Å². The van der Waals surface area contributed by atoms with Gasteiger partial charge in [0.2, 0.25) is 0 Å². The average molecular weight is 508 g/mol. The van der Waals surface area contributed by atoms with Crippen LogP contribution in [-0.2, 0) is 16.0 Å². The molecule has 194 valence electrons. The molecule has 9 nitrogen and oxygen atoms in total. The number of aliphatic hydroxyl groups excluding tert-OH is 1. The van der Waals surface area contributed by atoms with Crippen LogP contribution in [0.5, 0.6) is 11.5 Å². The molecule has 2 aromatic carbocycles. The second-order valence-electron chi connectivity index (χ2n) is 8.48. The van der Waals surface area contributed by atoms with E-state index in [2.05, 4.69) is 14.7 Å². The first-order valence-corrected chi connectivity index (χ1v) is 11.0. The molecule has 3 atom stereocenters. The summed E-state index contributed by atoms with van der Waals surface area (Å²) in [6, 6.07) is 9.62. The van der Waals surface area contributed by atoms with E-state index in [1.165, 1.54) is 38.5 Å². The maximum atomic E-state index is 12.7. The Morgan fingerprint density at radius 2 is 1.89 bits per heavy atom. The molecular formula is C24H27F3N4O5. The number of nitrogens with zero attached hydrogens (tertiary/aromatic N) is 2. The molecule has 12 heteroatoms. The van der Waals surface area contributed by atoms with Crippen molar-refractivity contribution in [2.45, 2.75) is 43.9 Å². The summed E-state index contributed by atoms with van der Waals surface area (Å²) in [7, 11) is 2.87. The normalized spacial score (nSPS) is 21.7. The van der Waals surface area contributed by atoms with Gasteiger partial charge in [0.05, 0.1) is 12.6 Å². The largest absolute Gasteiger partial charge is 0.573 e. The number of nitrogens with two attached hydrogens (primary N) is 1. The summed E-state index contributed by atoms with van der Waals surface area (Å²) in [6.07, 6.45) is -3.78. The van der Waals surface area contributed by atoms with Gasteiger partial charge in [-0.2, -0.15) is 0 Å². The summed E-state index contributed by atoms with van der Waals surface area (Å²) in [5, 5.41) is 11.8. The van der Waals surface area contributed by atoms with Gasteiger partial charge in [-0.15, -0.1) is 13.2 Å². The van der Waals surface area contributed by atoms with Gasteiger partial charge in [-0.1, -0.05) is 0 Å². The highest BCUT2D eigenvalue weighted by Gasteiger charge is 2.54. The van der Waals surface area contributed by atoms with Crippen molar-refractivity contribution in [1.29, 1.82) is 0 Å². The van der Waals surface area contributed by atoms with Crippen molar-refractivity contribution in [3.8, 4) is 11.5 Å². The number of H-pyrrole nitrogens is 1. The number of nitrogens with one attached hydrogen (secondary N) is 1. The van der Waals surface area contributed by atoms with E-state index in [9.17, 15) is 18.3 Å². The van der Waals surface area contributed by atoms with Crippen molar-refractivity contribution in [2.24, 2.45) is 0 Å². The fourth-order valence-electron chi connectivity index (χ4n) is 4.50. The number of ether oxygens (including phenoxy) is 4. The molecular weight excluding hydrogens is 481 g/mol. The van der Waals surface area contributed by atoms with Gasteiger partial charge in [0.1, 0.15) is 23.4 Å². The van der Waals surface area contributed by atoms with Crippen molar-refractivity contribution in [2.75, 3.05) is 24.9 Å². The van der Waals surface area contributed by atoms with Gasteiger partial charge in [-0.05, 0) is 49.4 Å². The molecule has 0 amide bonds. The molecule has 0 fully saturated rings. The van der Waals surface area contributed by atoms with Gasteiger partial charge in [0, 0.05) is 43.6 Å². The van der Waals surface area contributed by atoms with Gasteiger partial charge in [-0.3, -0.25) is 0 Å². The third kappa shape index (κ3) is 5.06. The van der Waals surface area contributed by atoms with E-state index in [0.717, 1.165) is 0 Å². The Hall–Kier alpha value is -3.48. The molecule has 1 aliphatic rings. The molecule has 2 heterocycles. The molecule has 0 spiro atoms. The molecule has 0 radical (unpaired) electrons. The number of imidazole rings is 1. The Morgan fingerprint density at radius 3 is 2.47 bits per heavy atom. The number of benzene rings is 2. The average Bonchev–Trinajstić information content (AvgIpc) is 3.33. The number of alkyl halides is 3. The smallest absolute Gasteiger partial charge is 0.479 e. The lowest BCUT2D eigenvalue weighted by atomic mass is 9.83. The van der Waals surface area contributed by atoms with Crippen LogP contribution >= 0.6 is 0 Å². The number of fused-ring (bicyclic) bond motifs is 1. The Morgan fingerprint density at radius 1 is 1.19 bits per heavy atom. The predicted molar refractivity (Wildman–Crippen MR) is 124 cm³/mol. The Kier molecular flexibility index (Phi) is 7.03. The van der Waals surface area contributed by atoms with E-state index < -0.39 is 30.4 Å². The zero-order valence-corrected chi connectivity index (χ0v) is 19.8. The van der Waals surface area contributed by atoms with E-state index in [4.69, 9.17) is 19.9 Å². The molecule has 36 heavy (non-hydrogen) atoms. The van der Waals surface area contributed by atoms with Crippen LogP contribution in [0.15, 0.2) is 54.9 Å². The van der Waals surface area contributed by atoms with Crippen molar-refractivity contribution in [3.63, 3.8) is 0 Å². The fourth-order valence-corrected chi connectivity index (χ4v) is 4.50. The lowest BCUT2D eigenvalue weighted by molar-refractivity contribution is -0.274. The van der Waals surface area contributed by atoms with Crippen LogP contribution in [0.25, 0.3) is 0 Å². The SMILES string of the molecule is COC(OC)[C@]1(C)Oc2ccc(N)cc2[C@@H](N(Cc2ncc[nH]2)c2ccc(OC(F)(F)F)cc2)[C@@H]1O. The highest BCUT2D eigenvalue weighted by molar-refractivity contribution is 5.57. The maximum Gasteiger partial charge on any atom is 0.573 e. The van der Waals surface area contributed by atoms with E-state index in [-0.39, 0.29) is 12.3 Å². The number of methoxy groups -OCH3 is 2. The summed E-state index contributed by atoms with van der Waals surface area (Å²) in [5.41, 5.74) is 6.23. The highest BCUT2D eigenvalue weighted by atomic mass is 19.4. The summed E-state index contributed by atoms with van der Waals surface area (Å²) >= 11 is 0. The minimum Gasteiger partial charge on any atom is -0.479 e. The topological polar surface area (TPSA) is 115 Å². The van der Waals surface area contributed by atoms with E-state index >= 15 is 0 Å². The van der Waals surface area contributed by atoms with Gasteiger partial charge < -0.3 is 39.7 Å². The third-order valence-corrected chi connectivity index (χ3v) is 6.08. The van der Waals surface area contributed by atoms with Gasteiger partial charge in [0.15, 0.2) is 11.9 Å². The fraction of sp³-hybridized carbons (Fsp3) is 0.375. The Labute approximate surface area is 205 Å². The first kappa shape index (κ1) is 25.6. The van der Waals surface area contributed by atoms with E-state index in [1.807, 2.05) is 0 Å². The molecule has 4 N–H and O–H groups in total. The Bertz CT molecular complexity index is 1160. The third-order valence-electron chi connectivity index (χ3n) is 6.08. The molecule has 4 rings (SSSR count). The van der Waals surface area contributed by atoms with Crippen LogP contribution < -0.4 is 20.1 Å². The molecule has 3 aromatic rings. The van der Waals surface area contributed by atoms with Crippen molar-refractivity contribution < 1.29 is 37.2 Å². The minimum absolute atomic E-state index is 0.170. The van der Waals surface area contributed by atoms with Crippen LogP contribution in [0.3, 0.4) is 0 Å². The number of rotatable bonds is 8. The second kappa shape index (κ2) is 9.88. The van der Waals surface area contributed by atoms with E-state index in [1.54, 1.807) is 42.4 Å². The van der Waals surface area contributed by atoms with Crippen LogP contribution in [0.2, 0.25) is 0 Å². The van der Waals surface area contributed by atoms with Crippen LogP contribution in [0, 0.1) is 0 Å². The quantitative estimate of drug-likeness (QED) is 0.311. The van der Waals surface area contributed by atoms with Gasteiger partial charge in [0.25, 0.3) is 0 Å².